The van der Waals surface area contributed by atoms with Crippen molar-refractivity contribution >= 4 is 17.6 Å². The lowest BCUT2D eigenvalue weighted by atomic mass is 9.96. The SMILES string of the molecule is CC(=O)c1ccc(-c2ccc(C(=O)NC3(C(N)=O)CCCC3)cc2)nc1. The number of amides is 2. The van der Waals surface area contributed by atoms with Gasteiger partial charge in [-0.2, -0.15) is 0 Å². The maximum Gasteiger partial charge on any atom is 0.252 e. The van der Waals surface area contributed by atoms with Gasteiger partial charge in [0.2, 0.25) is 5.91 Å². The average Bonchev–Trinajstić information content (AvgIpc) is 3.12. The van der Waals surface area contributed by atoms with E-state index < -0.39 is 11.4 Å². The molecule has 1 aliphatic rings. The topological polar surface area (TPSA) is 102 Å². The van der Waals surface area contributed by atoms with Crippen molar-refractivity contribution in [3.63, 3.8) is 0 Å². The summed E-state index contributed by atoms with van der Waals surface area (Å²) in [6.45, 7) is 1.49. The second-order valence-corrected chi connectivity index (χ2v) is 6.67. The zero-order valence-corrected chi connectivity index (χ0v) is 14.6. The van der Waals surface area contributed by atoms with E-state index in [0.29, 0.717) is 29.7 Å². The highest BCUT2D eigenvalue weighted by Gasteiger charge is 2.40. The molecule has 3 N–H and O–H groups in total. The van der Waals surface area contributed by atoms with Crippen molar-refractivity contribution in [2.45, 2.75) is 38.1 Å². The van der Waals surface area contributed by atoms with Crippen LogP contribution < -0.4 is 11.1 Å². The Morgan fingerprint density at radius 2 is 1.62 bits per heavy atom. The molecule has 0 bridgehead atoms. The third-order valence-corrected chi connectivity index (χ3v) is 4.89. The number of nitrogens with zero attached hydrogens (tertiary/aromatic N) is 1. The highest BCUT2D eigenvalue weighted by molar-refractivity contribution is 5.99. The van der Waals surface area contributed by atoms with Crippen molar-refractivity contribution in [3.8, 4) is 11.3 Å². The molecule has 0 unspecified atom stereocenters. The van der Waals surface area contributed by atoms with Crippen LogP contribution in [-0.4, -0.2) is 28.1 Å². The van der Waals surface area contributed by atoms with E-state index in [4.69, 9.17) is 5.73 Å². The molecule has 0 aliphatic heterocycles. The van der Waals surface area contributed by atoms with Crippen LogP contribution >= 0.6 is 0 Å². The number of ketones is 1. The number of benzene rings is 1. The lowest BCUT2D eigenvalue weighted by molar-refractivity contribution is -0.123. The summed E-state index contributed by atoms with van der Waals surface area (Å²) in [5.74, 6) is -0.821. The molecule has 2 aromatic rings. The van der Waals surface area contributed by atoms with Crippen LogP contribution in [0.25, 0.3) is 11.3 Å². The first-order valence-corrected chi connectivity index (χ1v) is 8.61. The van der Waals surface area contributed by atoms with E-state index in [1.807, 2.05) is 0 Å². The minimum atomic E-state index is -0.931. The Labute approximate surface area is 151 Å². The third kappa shape index (κ3) is 3.49. The fourth-order valence-corrected chi connectivity index (χ4v) is 3.27. The largest absolute Gasteiger partial charge is 0.368 e. The standard InChI is InChI=1S/C20H21N3O3/c1-13(24)16-8-9-17(22-12-16)14-4-6-15(7-5-14)18(25)23-20(19(21)26)10-2-3-11-20/h4-9,12H,2-3,10-11H2,1H3,(H2,21,26)(H,23,25). The smallest absolute Gasteiger partial charge is 0.252 e. The molecule has 1 aromatic heterocycles. The number of rotatable bonds is 5. The fourth-order valence-electron chi connectivity index (χ4n) is 3.27. The Bertz CT molecular complexity index is 836. The monoisotopic (exact) mass is 351 g/mol. The number of Topliss-reactive ketones (excluding diaryl/α,β-unsaturated/α-hetero) is 1. The van der Waals surface area contributed by atoms with Gasteiger partial charge in [0.15, 0.2) is 5.78 Å². The van der Waals surface area contributed by atoms with E-state index >= 15 is 0 Å². The molecular formula is C20H21N3O3. The van der Waals surface area contributed by atoms with Crippen LogP contribution in [0.1, 0.15) is 53.3 Å². The first-order chi connectivity index (χ1) is 12.4. The number of aromatic nitrogens is 1. The molecule has 1 heterocycles. The van der Waals surface area contributed by atoms with Gasteiger partial charge in [0.1, 0.15) is 5.54 Å². The molecule has 1 saturated carbocycles. The molecule has 2 amide bonds. The number of carbonyl (C=O) groups excluding carboxylic acids is 3. The van der Waals surface area contributed by atoms with Gasteiger partial charge in [-0.3, -0.25) is 19.4 Å². The molecule has 6 nitrogen and oxygen atoms in total. The number of hydrogen-bond acceptors (Lipinski definition) is 4. The summed E-state index contributed by atoms with van der Waals surface area (Å²) < 4.78 is 0. The average molecular weight is 351 g/mol. The fraction of sp³-hybridized carbons (Fsp3) is 0.300. The molecule has 0 radical (unpaired) electrons. The Kier molecular flexibility index (Phi) is 4.84. The number of hydrogen-bond donors (Lipinski definition) is 2. The predicted octanol–water partition coefficient (Wildman–Crippen LogP) is 2.48. The normalized spacial score (nSPS) is 15.4. The molecule has 0 spiro atoms. The summed E-state index contributed by atoms with van der Waals surface area (Å²) in [6.07, 6.45) is 4.46. The van der Waals surface area contributed by atoms with Gasteiger partial charge in [-0.05, 0) is 44.0 Å². The summed E-state index contributed by atoms with van der Waals surface area (Å²) in [5.41, 5.74) is 7.14. The lowest BCUT2D eigenvalue weighted by Gasteiger charge is -2.26. The van der Waals surface area contributed by atoms with Gasteiger partial charge in [-0.15, -0.1) is 0 Å². The van der Waals surface area contributed by atoms with Gasteiger partial charge in [0.25, 0.3) is 5.91 Å². The van der Waals surface area contributed by atoms with E-state index in [-0.39, 0.29) is 11.7 Å². The van der Waals surface area contributed by atoms with Crippen molar-refractivity contribution in [1.29, 1.82) is 0 Å². The summed E-state index contributed by atoms with van der Waals surface area (Å²) in [7, 11) is 0. The Morgan fingerprint density at radius 3 is 2.12 bits per heavy atom. The van der Waals surface area contributed by atoms with Crippen LogP contribution in [0, 0.1) is 0 Å². The van der Waals surface area contributed by atoms with Crippen molar-refractivity contribution in [2.75, 3.05) is 0 Å². The number of carbonyl (C=O) groups is 3. The maximum absolute atomic E-state index is 12.5. The van der Waals surface area contributed by atoms with Crippen molar-refractivity contribution in [2.24, 2.45) is 5.73 Å². The Balaban J connectivity index is 1.75. The first-order valence-electron chi connectivity index (χ1n) is 8.61. The third-order valence-electron chi connectivity index (χ3n) is 4.89. The zero-order chi connectivity index (χ0) is 18.7. The number of nitrogens with two attached hydrogens (primary N) is 1. The first kappa shape index (κ1) is 17.8. The highest BCUT2D eigenvalue weighted by atomic mass is 16.2. The van der Waals surface area contributed by atoms with Crippen LogP contribution in [0.15, 0.2) is 42.6 Å². The predicted molar refractivity (Wildman–Crippen MR) is 97.5 cm³/mol. The summed E-state index contributed by atoms with van der Waals surface area (Å²) in [5, 5.41) is 2.82. The van der Waals surface area contributed by atoms with Gasteiger partial charge < -0.3 is 11.1 Å². The molecule has 0 atom stereocenters. The molecular weight excluding hydrogens is 330 g/mol. The summed E-state index contributed by atoms with van der Waals surface area (Å²) in [6, 6.07) is 10.4. The molecule has 3 rings (SSSR count). The van der Waals surface area contributed by atoms with Crippen molar-refractivity contribution in [3.05, 3.63) is 53.7 Å². The van der Waals surface area contributed by atoms with E-state index in [1.54, 1.807) is 36.4 Å². The van der Waals surface area contributed by atoms with Gasteiger partial charge in [-0.1, -0.05) is 25.0 Å². The van der Waals surface area contributed by atoms with Crippen LogP contribution in [0.3, 0.4) is 0 Å². The molecule has 26 heavy (non-hydrogen) atoms. The minimum Gasteiger partial charge on any atom is -0.368 e. The molecule has 6 heteroatoms. The Hall–Kier alpha value is -3.02. The minimum absolute atomic E-state index is 0.0358. The number of primary amides is 1. The van der Waals surface area contributed by atoms with Crippen LogP contribution in [0.5, 0.6) is 0 Å². The maximum atomic E-state index is 12.5. The second kappa shape index (κ2) is 7.07. The number of pyridine rings is 1. The second-order valence-electron chi connectivity index (χ2n) is 6.67. The van der Waals surface area contributed by atoms with Crippen LogP contribution in [0.4, 0.5) is 0 Å². The molecule has 0 saturated heterocycles. The van der Waals surface area contributed by atoms with Crippen molar-refractivity contribution < 1.29 is 14.4 Å². The summed E-state index contributed by atoms with van der Waals surface area (Å²) >= 11 is 0. The van der Waals surface area contributed by atoms with Crippen molar-refractivity contribution in [1.82, 2.24) is 10.3 Å². The molecule has 134 valence electrons. The van der Waals surface area contributed by atoms with Gasteiger partial charge in [0, 0.05) is 22.9 Å². The molecule has 1 aromatic carbocycles. The van der Waals surface area contributed by atoms with Crippen LogP contribution in [-0.2, 0) is 4.79 Å². The van der Waals surface area contributed by atoms with E-state index in [2.05, 4.69) is 10.3 Å². The van der Waals surface area contributed by atoms with E-state index in [9.17, 15) is 14.4 Å². The van der Waals surface area contributed by atoms with Gasteiger partial charge in [-0.25, -0.2) is 0 Å². The van der Waals surface area contributed by atoms with E-state index in [1.165, 1.54) is 13.1 Å². The quantitative estimate of drug-likeness (QED) is 0.808. The highest BCUT2D eigenvalue weighted by Crippen LogP contribution is 2.30. The van der Waals surface area contributed by atoms with Crippen LogP contribution in [0.2, 0.25) is 0 Å². The van der Waals surface area contributed by atoms with E-state index in [0.717, 1.165) is 18.4 Å². The molecule has 1 fully saturated rings. The summed E-state index contributed by atoms with van der Waals surface area (Å²) in [4.78, 5) is 39.9. The van der Waals surface area contributed by atoms with Gasteiger partial charge >= 0.3 is 0 Å². The lowest BCUT2D eigenvalue weighted by Crippen LogP contribution is -2.55. The number of nitrogens with one attached hydrogen (secondary N) is 1. The molecule has 1 aliphatic carbocycles. The Morgan fingerprint density at radius 1 is 1.00 bits per heavy atom. The zero-order valence-electron chi connectivity index (χ0n) is 14.6. The van der Waals surface area contributed by atoms with Gasteiger partial charge in [0.05, 0.1) is 5.69 Å².